The van der Waals surface area contributed by atoms with E-state index in [0.717, 1.165) is 5.56 Å². The SMILES string of the molecule is Cl/C=C\c1cccnc1. The monoisotopic (exact) mass is 139 g/mol. The van der Waals surface area contributed by atoms with Crippen molar-refractivity contribution in [3.8, 4) is 0 Å². The molecule has 1 aromatic heterocycles. The number of halogens is 1. The van der Waals surface area contributed by atoms with Crippen LogP contribution in [0.3, 0.4) is 0 Å². The molecule has 9 heavy (non-hydrogen) atoms. The Balaban J connectivity index is 2.85. The zero-order chi connectivity index (χ0) is 6.53. The molecule has 0 aliphatic heterocycles. The molecule has 0 aliphatic carbocycles. The van der Waals surface area contributed by atoms with E-state index >= 15 is 0 Å². The van der Waals surface area contributed by atoms with Crippen molar-refractivity contribution in [1.29, 1.82) is 0 Å². The topological polar surface area (TPSA) is 12.9 Å². The van der Waals surface area contributed by atoms with Gasteiger partial charge in [0.15, 0.2) is 0 Å². The lowest BCUT2D eigenvalue weighted by Gasteiger charge is -1.85. The number of hydrogen-bond donors (Lipinski definition) is 0. The van der Waals surface area contributed by atoms with Gasteiger partial charge in [-0.25, -0.2) is 0 Å². The van der Waals surface area contributed by atoms with Crippen molar-refractivity contribution >= 4 is 17.7 Å². The molecule has 0 atom stereocenters. The van der Waals surface area contributed by atoms with Crippen molar-refractivity contribution in [3.63, 3.8) is 0 Å². The quantitative estimate of drug-likeness (QED) is 0.582. The van der Waals surface area contributed by atoms with Crippen LogP contribution in [-0.2, 0) is 0 Å². The zero-order valence-electron chi connectivity index (χ0n) is 4.79. The Morgan fingerprint density at radius 3 is 3.00 bits per heavy atom. The molecule has 0 saturated carbocycles. The Kier molecular flexibility index (Phi) is 2.28. The second kappa shape index (κ2) is 3.25. The normalized spacial score (nSPS) is 10.3. The molecule has 0 saturated heterocycles. The minimum Gasteiger partial charge on any atom is -0.264 e. The largest absolute Gasteiger partial charge is 0.264 e. The predicted molar refractivity (Wildman–Crippen MR) is 39.1 cm³/mol. The summed E-state index contributed by atoms with van der Waals surface area (Å²) in [5.74, 6) is 0. The predicted octanol–water partition coefficient (Wildman–Crippen LogP) is 2.29. The highest BCUT2D eigenvalue weighted by molar-refractivity contribution is 6.27. The fraction of sp³-hybridized carbons (Fsp3) is 0. The van der Waals surface area contributed by atoms with E-state index in [9.17, 15) is 0 Å². The molecule has 0 aliphatic rings. The van der Waals surface area contributed by atoms with E-state index in [0.29, 0.717) is 0 Å². The summed E-state index contributed by atoms with van der Waals surface area (Å²) in [5.41, 5.74) is 2.49. The van der Waals surface area contributed by atoms with Gasteiger partial charge in [-0.05, 0) is 17.7 Å². The van der Waals surface area contributed by atoms with E-state index in [4.69, 9.17) is 11.6 Å². The number of pyridine rings is 1. The van der Waals surface area contributed by atoms with Gasteiger partial charge in [0.25, 0.3) is 0 Å². The van der Waals surface area contributed by atoms with Crippen molar-refractivity contribution in [2.75, 3.05) is 0 Å². The lowest BCUT2D eigenvalue weighted by atomic mass is 10.3. The molecule has 1 rings (SSSR count). The molecule has 2 heteroatoms. The van der Waals surface area contributed by atoms with Crippen LogP contribution in [0.2, 0.25) is 0 Å². The maximum atomic E-state index is 5.33. The second-order valence-corrected chi connectivity index (χ2v) is 1.83. The third-order valence-electron chi connectivity index (χ3n) is 0.940. The van der Waals surface area contributed by atoms with Crippen LogP contribution in [0.15, 0.2) is 30.1 Å². The molecule has 1 aromatic rings. The van der Waals surface area contributed by atoms with Crippen LogP contribution in [0.25, 0.3) is 6.08 Å². The van der Waals surface area contributed by atoms with Crippen LogP contribution in [0.5, 0.6) is 0 Å². The summed E-state index contributed by atoms with van der Waals surface area (Å²) in [4.78, 5) is 3.89. The first-order valence-electron chi connectivity index (χ1n) is 2.60. The molecule has 0 fully saturated rings. The van der Waals surface area contributed by atoms with Crippen molar-refractivity contribution < 1.29 is 0 Å². The number of aromatic nitrogens is 1. The van der Waals surface area contributed by atoms with E-state index in [1.54, 1.807) is 18.5 Å². The summed E-state index contributed by atoms with van der Waals surface area (Å²) in [5, 5.41) is 0. The Hall–Kier alpha value is -0.820. The third-order valence-corrected chi connectivity index (χ3v) is 1.07. The summed E-state index contributed by atoms with van der Waals surface area (Å²) in [7, 11) is 0. The molecule has 0 unspecified atom stereocenters. The molecule has 1 nitrogen and oxygen atoms in total. The van der Waals surface area contributed by atoms with Gasteiger partial charge in [0.1, 0.15) is 0 Å². The summed E-state index contributed by atoms with van der Waals surface area (Å²) in [6, 6.07) is 3.80. The van der Waals surface area contributed by atoms with Gasteiger partial charge in [-0.1, -0.05) is 17.7 Å². The van der Waals surface area contributed by atoms with Gasteiger partial charge >= 0.3 is 0 Å². The van der Waals surface area contributed by atoms with Gasteiger partial charge in [0.2, 0.25) is 0 Å². The molecule has 46 valence electrons. The Labute approximate surface area is 59.0 Å². The van der Waals surface area contributed by atoms with Gasteiger partial charge in [-0.15, -0.1) is 0 Å². The highest BCUT2D eigenvalue weighted by Gasteiger charge is 1.79. The summed E-state index contributed by atoms with van der Waals surface area (Å²) in [6.45, 7) is 0. The molecule has 0 amide bonds. The van der Waals surface area contributed by atoms with Gasteiger partial charge in [0.05, 0.1) is 0 Å². The van der Waals surface area contributed by atoms with Crippen molar-refractivity contribution in [1.82, 2.24) is 4.98 Å². The molecular formula is C7H6ClN. The van der Waals surface area contributed by atoms with Crippen LogP contribution in [0.1, 0.15) is 5.56 Å². The van der Waals surface area contributed by atoms with Gasteiger partial charge in [-0.3, -0.25) is 4.98 Å². The van der Waals surface area contributed by atoms with Crippen LogP contribution < -0.4 is 0 Å². The van der Waals surface area contributed by atoms with Crippen LogP contribution in [-0.4, -0.2) is 4.98 Å². The van der Waals surface area contributed by atoms with E-state index in [-0.39, 0.29) is 0 Å². The molecule has 1 heterocycles. The smallest absolute Gasteiger partial charge is 0.0340 e. The van der Waals surface area contributed by atoms with Crippen LogP contribution in [0, 0.1) is 0 Å². The van der Waals surface area contributed by atoms with Crippen LogP contribution in [0.4, 0.5) is 0 Å². The lowest BCUT2D eigenvalue weighted by Crippen LogP contribution is -1.70. The molecular weight excluding hydrogens is 134 g/mol. The van der Waals surface area contributed by atoms with Gasteiger partial charge in [0, 0.05) is 17.9 Å². The Bertz CT molecular complexity index is 193. The maximum Gasteiger partial charge on any atom is 0.0340 e. The van der Waals surface area contributed by atoms with E-state index in [1.165, 1.54) is 5.54 Å². The van der Waals surface area contributed by atoms with Gasteiger partial charge < -0.3 is 0 Å². The zero-order valence-corrected chi connectivity index (χ0v) is 5.55. The fourth-order valence-electron chi connectivity index (χ4n) is 0.547. The standard InChI is InChI=1S/C7H6ClN/c8-4-3-7-2-1-5-9-6-7/h1-6H/b4-3-. The highest BCUT2D eigenvalue weighted by Crippen LogP contribution is 1.98. The third kappa shape index (κ3) is 1.86. The Morgan fingerprint density at radius 1 is 1.56 bits per heavy atom. The summed E-state index contributed by atoms with van der Waals surface area (Å²) in [6.07, 6.45) is 5.26. The first-order chi connectivity index (χ1) is 4.43. The highest BCUT2D eigenvalue weighted by atomic mass is 35.5. The Morgan fingerprint density at radius 2 is 2.44 bits per heavy atom. The minimum absolute atomic E-state index is 1.02. The number of hydrogen-bond acceptors (Lipinski definition) is 1. The summed E-state index contributed by atoms with van der Waals surface area (Å²) < 4.78 is 0. The number of rotatable bonds is 1. The molecule has 0 bridgehead atoms. The number of nitrogens with zero attached hydrogens (tertiary/aromatic N) is 1. The molecule has 0 N–H and O–H groups in total. The molecule has 0 aromatic carbocycles. The average Bonchev–Trinajstić information content (AvgIpc) is 1.91. The fourth-order valence-corrected chi connectivity index (χ4v) is 0.693. The second-order valence-electron chi connectivity index (χ2n) is 1.58. The minimum atomic E-state index is 1.02. The average molecular weight is 140 g/mol. The molecule has 0 radical (unpaired) electrons. The van der Waals surface area contributed by atoms with Crippen molar-refractivity contribution in [2.24, 2.45) is 0 Å². The van der Waals surface area contributed by atoms with Crippen molar-refractivity contribution in [3.05, 3.63) is 35.6 Å². The van der Waals surface area contributed by atoms with Crippen LogP contribution >= 0.6 is 11.6 Å². The molecule has 0 spiro atoms. The first kappa shape index (κ1) is 6.30. The van der Waals surface area contributed by atoms with E-state index < -0.39 is 0 Å². The van der Waals surface area contributed by atoms with E-state index in [2.05, 4.69) is 4.98 Å². The maximum absolute atomic E-state index is 5.33. The van der Waals surface area contributed by atoms with E-state index in [1.807, 2.05) is 12.1 Å². The first-order valence-corrected chi connectivity index (χ1v) is 3.04. The van der Waals surface area contributed by atoms with Crippen molar-refractivity contribution in [2.45, 2.75) is 0 Å². The van der Waals surface area contributed by atoms with Gasteiger partial charge in [-0.2, -0.15) is 0 Å². The summed E-state index contributed by atoms with van der Waals surface area (Å²) >= 11 is 5.33. The lowest BCUT2D eigenvalue weighted by molar-refractivity contribution is 1.32.